The molecule has 5 nitrogen and oxygen atoms in total. The lowest BCUT2D eigenvalue weighted by Crippen LogP contribution is -2.47. The molecular weight excluding hydrogens is 427 g/mol. The predicted molar refractivity (Wildman–Crippen MR) is 115 cm³/mol. The molecule has 25 heavy (non-hydrogen) atoms. The first-order chi connectivity index (χ1) is 11.5. The summed E-state index contributed by atoms with van der Waals surface area (Å²) in [5.74, 6) is 1.58. The molecule has 0 radical (unpaired) electrons. The third-order valence-corrected chi connectivity index (χ3v) is 6.25. The number of hydrogen-bond acceptors (Lipinski definition) is 3. The maximum absolute atomic E-state index is 10.4. The van der Waals surface area contributed by atoms with E-state index in [0.29, 0.717) is 18.5 Å². The Hall–Kier alpha value is -0.0800. The smallest absolute Gasteiger partial charge is 0.191 e. The topological polar surface area (TPSA) is 59.9 Å². The minimum atomic E-state index is -0.214. The molecule has 2 aliphatic carbocycles. The van der Waals surface area contributed by atoms with E-state index >= 15 is 0 Å². The number of likely N-dealkylation sites (tertiary alicyclic amines) is 1. The monoisotopic (exact) mass is 464 g/mol. The minimum Gasteiger partial charge on any atom is -0.392 e. The summed E-state index contributed by atoms with van der Waals surface area (Å²) in [5.41, 5.74) is -0.0675. The van der Waals surface area contributed by atoms with Gasteiger partial charge in [-0.25, -0.2) is 0 Å². The zero-order valence-electron chi connectivity index (χ0n) is 16.1. The van der Waals surface area contributed by atoms with Crippen molar-refractivity contribution in [3.05, 3.63) is 0 Å². The number of halogens is 1. The summed E-state index contributed by atoms with van der Waals surface area (Å²) in [6.07, 6.45) is 6.90. The fourth-order valence-electron chi connectivity index (χ4n) is 4.25. The van der Waals surface area contributed by atoms with E-state index in [1.165, 1.54) is 25.8 Å². The zero-order chi connectivity index (χ0) is 17.2. The highest BCUT2D eigenvalue weighted by Crippen LogP contribution is 2.36. The third kappa shape index (κ3) is 5.45. The minimum absolute atomic E-state index is 0. The second-order valence-electron chi connectivity index (χ2n) is 8.52. The van der Waals surface area contributed by atoms with Crippen LogP contribution >= 0.6 is 24.0 Å². The van der Waals surface area contributed by atoms with Crippen LogP contribution in [0, 0.1) is 11.3 Å². The molecule has 146 valence electrons. The van der Waals surface area contributed by atoms with Gasteiger partial charge in [0.1, 0.15) is 0 Å². The van der Waals surface area contributed by atoms with E-state index in [1.54, 1.807) is 0 Å². The molecule has 4 atom stereocenters. The number of aliphatic hydroxyl groups is 1. The lowest BCUT2D eigenvalue weighted by molar-refractivity contribution is 0.00715. The molecule has 1 aliphatic heterocycles. The molecule has 3 aliphatic rings. The number of nitrogens with zero attached hydrogens (tertiary/aromatic N) is 2. The quantitative estimate of drug-likeness (QED) is 0.333. The standard InChI is InChI=1S/C19H36N4O.HI/c1-4-20-18(21-13-19(3)10-6-5-7-17(19)24)22-16-12-23(11-14(16)2)15-8-9-15;/h14-17,24H,4-13H2,1-3H3,(H2,20,21,22);1H. The van der Waals surface area contributed by atoms with Crippen molar-refractivity contribution < 1.29 is 5.11 Å². The average molecular weight is 464 g/mol. The second kappa shape index (κ2) is 9.22. The Morgan fingerprint density at radius 2 is 2.00 bits per heavy atom. The summed E-state index contributed by atoms with van der Waals surface area (Å²) in [4.78, 5) is 7.50. The van der Waals surface area contributed by atoms with Crippen LogP contribution in [0.4, 0.5) is 0 Å². The Kier molecular flexibility index (Phi) is 7.83. The van der Waals surface area contributed by atoms with Gasteiger partial charge in [0.25, 0.3) is 0 Å². The normalized spacial score (nSPS) is 36.8. The summed E-state index contributed by atoms with van der Waals surface area (Å²) in [6.45, 7) is 10.6. The Labute approximate surface area is 170 Å². The second-order valence-corrected chi connectivity index (χ2v) is 8.52. The third-order valence-electron chi connectivity index (χ3n) is 6.25. The summed E-state index contributed by atoms with van der Waals surface area (Å²) in [6, 6.07) is 1.32. The van der Waals surface area contributed by atoms with Crippen LogP contribution in [-0.4, -0.2) is 60.3 Å². The number of guanidine groups is 1. The lowest BCUT2D eigenvalue weighted by atomic mass is 9.73. The summed E-state index contributed by atoms with van der Waals surface area (Å²) in [5, 5.41) is 17.4. The number of rotatable bonds is 5. The first kappa shape index (κ1) is 21.2. The zero-order valence-corrected chi connectivity index (χ0v) is 18.5. The summed E-state index contributed by atoms with van der Waals surface area (Å²) in [7, 11) is 0. The van der Waals surface area contributed by atoms with Gasteiger partial charge in [0.15, 0.2) is 5.96 Å². The molecule has 0 aromatic heterocycles. The SMILES string of the molecule is CCNC(=NCC1(C)CCCCC1O)NC1CN(C2CC2)CC1C.I. The summed E-state index contributed by atoms with van der Waals surface area (Å²) >= 11 is 0. The van der Waals surface area contributed by atoms with Crippen molar-refractivity contribution in [3.8, 4) is 0 Å². The van der Waals surface area contributed by atoms with E-state index in [4.69, 9.17) is 4.99 Å². The van der Waals surface area contributed by atoms with Crippen molar-refractivity contribution in [1.82, 2.24) is 15.5 Å². The Morgan fingerprint density at radius 1 is 1.24 bits per heavy atom. The first-order valence-corrected chi connectivity index (χ1v) is 9.99. The molecule has 3 fully saturated rings. The molecule has 1 saturated heterocycles. The van der Waals surface area contributed by atoms with Crippen LogP contribution in [0.15, 0.2) is 4.99 Å². The van der Waals surface area contributed by atoms with E-state index in [-0.39, 0.29) is 35.5 Å². The van der Waals surface area contributed by atoms with Crippen LogP contribution in [0.1, 0.15) is 59.3 Å². The summed E-state index contributed by atoms with van der Waals surface area (Å²) < 4.78 is 0. The van der Waals surface area contributed by atoms with Gasteiger partial charge in [0.2, 0.25) is 0 Å². The van der Waals surface area contributed by atoms with Crippen LogP contribution in [0.25, 0.3) is 0 Å². The largest absolute Gasteiger partial charge is 0.392 e. The fraction of sp³-hybridized carbons (Fsp3) is 0.947. The van der Waals surface area contributed by atoms with Gasteiger partial charge in [-0.05, 0) is 38.5 Å². The molecule has 0 aromatic rings. The highest BCUT2D eigenvalue weighted by Gasteiger charge is 2.39. The number of nitrogens with one attached hydrogen (secondary N) is 2. The molecule has 2 saturated carbocycles. The van der Waals surface area contributed by atoms with Gasteiger partial charge in [0.05, 0.1) is 12.6 Å². The van der Waals surface area contributed by atoms with Crippen molar-refractivity contribution >= 4 is 29.9 Å². The molecule has 0 spiro atoms. The fourth-order valence-corrected chi connectivity index (χ4v) is 4.25. The highest BCUT2D eigenvalue weighted by molar-refractivity contribution is 14.0. The van der Waals surface area contributed by atoms with Gasteiger partial charge in [-0.2, -0.15) is 0 Å². The Morgan fingerprint density at radius 3 is 2.64 bits per heavy atom. The maximum Gasteiger partial charge on any atom is 0.191 e. The Bertz CT molecular complexity index is 457. The van der Waals surface area contributed by atoms with Crippen molar-refractivity contribution in [1.29, 1.82) is 0 Å². The lowest BCUT2D eigenvalue weighted by Gasteiger charge is -2.37. The van der Waals surface area contributed by atoms with Crippen molar-refractivity contribution in [2.45, 2.75) is 77.5 Å². The van der Waals surface area contributed by atoms with E-state index in [0.717, 1.165) is 44.4 Å². The van der Waals surface area contributed by atoms with Gasteiger partial charge in [-0.1, -0.05) is 26.7 Å². The van der Waals surface area contributed by atoms with Crippen LogP contribution in [0.3, 0.4) is 0 Å². The van der Waals surface area contributed by atoms with Crippen molar-refractivity contribution in [2.24, 2.45) is 16.3 Å². The molecule has 3 rings (SSSR count). The molecule has 0 amide bonds. The van der Waals surface area contributed by atoms with E-state index < -0.39 is 0 Å². The number of hydrogen-bond donors (Lipinski definition) is 3. The van der Waals surface area contributed by atoms with Gasteiger partial charge >= 0.3 is 0 Å². The molecule has 4 unspecified atom stereocenters. The van der Waals surface area contributed by atoms with Crippen molar-refractivity contribution in [3.63, 3.8) is 0 Å². The van der Waals surface area contributed by atoms with Gasteiger partial charge in [0, 0.05) is 37.1 Å². The first-order valence-electron chi connectivity index (χ1n) is 9.99. The molecular formula is C19H37IN4O. The van der Waals surface area contributed by atoms with Crippen LogP contribution < -0.4 is 10.6 Å². The molecule has 6 heteroatoms. The van der Waals surface area contributed by atoms with E-state index in [1.807, 2.05) is 0 Å². The van der Waals surface area contributed by atoms with E-state index in [2.05, 4.69) is 36.3 Å². The highest BCUT2D eigenvalue weighted by atomic mass is 127. The van der Waals surface area contributed by atoms with Crippen LogP contribution in [0.5, 0.6) is 0 Å². The number of aliphatic imine (C=N–C) groups is 1. The maximum atomic E-state index is 10.4. The molecule has 0 bridgehead atoms. The number of aliphatic hydroxyl groups excluding tert-OH is 1. The van der Waals surface area contributed by atoms with Gasteiger partial charge < -0.3 is 15.7 Å². The Balaban J connectivity index is 0.00000225. The van der Waals surface area contributed by atoms with E-state index in [9.17, 15) is 5.11 Å². The van der Waals surface area contributed by atoms with Gasteiger partial charge in [-0.15, -0.1) is 24.0 Å². The average Bonchev–Trinajstić information content (AvgIpc) is 3.34. The molecule has 3 N–H and O–H groups in total. The molecule has 1 heterocycles. The van der Waals surface area contributed by atoms with Crippen LogP contribution in [0.2, 0.25) is 0 Å². The predicted octanol–water partition coefficient (Wildman–Crippen LogP) is 2.58. The van der Waals surface area contributed by atoms with Crippen LogP contribution in [-0.2, 0) is 0 Å². The molecule has 0 aromatic carbocycles. The van der Waals surface area contributed by atoms with Gasteiger partial charge in [-0.3, -0.25) is 9.89 Å². The van der Waals surface area contributed by atoms with Crippen molar-refractivity contribution in [2.75, 3.05) is 26.2 Å².